The van der Waals surface area contributed by atoms with E-state index < -0.39 is 0 Å². The number of nitrogens with two attached hydrogens (primary N) is 1. The summed E-state index contributed by atoms with van der Waals surface area (Å²) in [5.41, 5.74) is 15.0. The standard InChI is InChI=1S/C30H26N6O/c1-17-5-3-4-6-21(17)20-12-23(18-7-8-18)26(14-31)25(13-20)29-27(16-33-36(29)2)19-9-10-22-24(11-19)28(15-32)34-35-30(22)37/h3-6,9-13,16,18H,7-8,15,32H2,1-2H3,(H,35,37). The second-order valence-electron chi connectivity index (χ2n) is 9.68. The van der Waals surface area contributed by atoms with Gasteiger partial charge in [0.05, 0.1) is 28.5 Å². The van der Waals surface area contributed by atoms with E-state index in [0.29, 0.717) is 27.9 Å². The van der Waals surface area contributed by atoms with Crippen LogP contribution in [0.15, 0.2) is 65.6 Å². The highest BCUT2D eigenvalue weighted by atomic mass is 16.1. The molecule has 7 heteroatoms. The van der Waals surface area contributed by atoms with Gasteiger partial charge in [0.2, 0.25) is 0 Å². The Labute approximate surface area is 214 Å². The molecule has 6 rings (SSSR count). The third kappa shape index (κ3) is 3.83. The maximum Gasteiger partial charge on any atom is 0.272 e. The quantitative estimate of drug-likeness (QED) is 0.356. The maximum atomic E-state index is 12.4. The number of rotatable bonds is 5. The summed E-state index contributed by atoms with van der Waals surface area (Å²) >= 11 is 0. The second kappa shape index (κ2) is 8.84. The highest BCUT2D eigenvalue weighted by molar-refractivity contribution is 5.93. The molecule has 3 aromatic carbocycles. The molecule has 0 spiro atoms. The van der Waals surface area contributed by atoms with Crippen molar-refractivity contribution in [2.75, 3.05) is 0 Å². The van der Waals surface area contributed by atoms with Crippen molar-refractivity contribution in [1.82, 2.24) is 20.0 Å². The molecule has 7 nitrogen and oxygen atoms in total. The van der Waals surface area contributed by atoms with E-state index in [1.165, 1.54) is 5.56 Å². The minimum atomic E-state index is -0.253. The number of hydrogen-bond acceptors (Lipinski definition) is 5. The third-order valence-electron chi connectivity index (χ3n) is 7.32. The van der Waals surface area contributed by atoms with Crippen molar-refractivity contribution in [3.63, 3.8) is 0 Å². The van der Waals surface area contributed by atoms with Crippen LogP contribution in [0.4, 0.5) is 0 Å². The smallest absolute Gasteiger partial charge is 0.272 e. The normalized spacial score (nSPS) is 13.1. The van der Waals surface area contributed by atoms with Crippen LogP contribution < -0.4 is 11.3 Å². The lowest BCUT2D eigenvalue weighted by atomic mass is 9.88. The van der Waals surface area contributed by atoms with Crippen molar-refractivity contribution in [3.8, 4) is 39.6 Å². The Morgan fingerprint density at radius 3 is 2.59 bits per heavy atom. The van der Waals surface area contributed by atoms with Crippen LogP contribution in [0.3, 0.4) is 0 Å². The Balaban J connectivity index is 1.62. The highest BCUT2D eigenvalue weighted by Gasteiger charge is 2.30. The van der Waals surface area contributed by atoms with Crippen LogP contribution in [0.5, 0.6) is 0 Å². The Hall–Kier alpha value is -4.54. The average molecular weight is 487 g/mol. The number of nitrogens with one attached hydrogen (secondary N) is 1. The van der Waals surface area contributed by atoms with Gasteiger partial charge in [-0.25, -0.2) is 5.10 Å². The molecule has 0 unspecified atom stereocenters. The number of aromatic nitrogens is 4. The van der Waals surface area contributed by atoms with Gasteiger partial charge in [-0.15, -0.1) is 0 Å². The number of hydrogen-bond donors (Lipinski definition) is 2. The first kappa shape index (κ1) is 22.9. The van der Waals surface area contributed by atoms with Gasteiger partial charge in [-0.3, -0.25) is 9.48 Å². The zero-order valence-corrected chi connectivity index (χ0v) is 20.7. The van der Waals surface area contributed by atoms with E-state index in [2.05, 4.69) is 52.6 Å². The van der Waals surface area contributed by atoms with E-state index in [4.69, 9.17) is 5.73 Å². The molecule has 0 saturated heterocycles. The lowest BCUT2D eigenvalue weighted by Gasteiger charge is -2.16. The number of aryl methyl sites for hydroxylation is 2. The number of nitriles is 1. The highest BCUT2D eigenvalue weighted by Crippen LogP contribution is 2.47. The average Bonchev–Trinajstić information content (AvgIpc) is 3.69. The fraction of sp³-hybridized carbons (Fsp3) is 0.200. The van der Waals surface area contributed by atoms with Crippen molar-refractivity contribution in [3.05, 3.63) is 93.5 Å². The van der Waals surface area contributed by atoms with Gasteiger partial charge in [0.1, 0.15) is 6.07 Å². The van der Waals surface area contributed by atoms with Gasteiger partial charge < -0.3 is 5.73 Å². The predicted octanol–water partition coefficient (Wildman–Crippen LogP) is 5.17. The predicted molar refractivity (Wildman–Crippen MR) is 145 cm³/mol. The summed E-state index contributed by atoms with van der Waals surface area (Å²) in [6.07, 6.45) is 4.01. The van der Waals surface area contributed by atoms with Gasteiger partial charge >= 0.3 is 0 Å². The number of benzene rings is 3. The zero-order valence-electron chi connectivity index (χ0n) is 20.7. The Morgan fingerprint density at radius 2 is 1.86 bits per heavy atom. The monoisotopic (exact) mass is 486 g/mol. The first-order valence-corrected chi connectivity index (χ1v) is 12.4. The summed E-state index contributed by atoms with van der Waals surface area (Å²) in [6.45, 7) is 2.32. The first-order valence-electron chi connectivity index (χ1n) is 12.4. The Kier molecular flexibility index (Phi) is 5.47. The van der Waals surface area contributed by atoms with Gasteiger partial charge in [-0.05, 0) is 77.8 Å². The largest absolute Gasteiger partial charge is 0.325 e. The van der Waals surface area contributed by atoms with E-state index >= 15 is 0 Å². The van der Waals surface area contributed by atoms with Crippen LogP contribution in [0, 0.1) is 18.3 Å². The molecule has 0 radical (unpaired) electrons. The molecule has 2 aromatic heterocycles. The summed E-state index contributed by atoms with van der Waals surface area (Å²) in [5, 5.41) is 22.9. The lowest BCUT2D eigenvalue weighted by Crippen LogP contribution is -2.13. The van der Waals surface area contributed by atoms with Gasteiger partial charge in [0, 0.05) is 30.1 Å². The zero-order chi connectivity index (χ0) is 25.7. The summed E-state index contributed by atoms with van der Waals surface area (Å²) in [5.74, 6) is 0.402. The molecule has 5 aromatic rings. The van der Waals surface area contributed by atoms with E-state index in [9.17, 15) is 10.1 Å². The molecule has 1 aliphatic rings. The molecule has 1 fully saturated rings. The van der Waals surface area contributed by atoms with Crippen LogP contribution in [0.1, 0.15) is 41.1 Å². The summed E-state index contributed by atoms with van der Waals surface area (Å²) < 4.78 is 1.83. The molecule has 0 atom stereocenters. The summed E-state index contributed by atoms with van der Waals surface area (Å²) in [4.78, 5) is 12.4. The minimum absolute atomic E-state index is 0.207. The molecule has 1 saturated carbocycles. The topological polar surface area (TPSA) is 113 Å². The van der Waals surface area contributed by atoms with E-state index in [-0.39, 0.29) is 12.1 Å². The van der Waals surface area contributed by atoms with Gasteiger partial charge in [0.25, 0.3) is 5.56 Å². The molecule has 37 heavy (non-hydrogen) atoms. The molecular formula is C30H26N6O. The van der Waals surface area contributed by atoms with Gasteiger partial charge in [0.15, 0.2) is 0 Å². The van der Waals surface area contributed by atoms with Crippen molar-refractivity contribution in [1.29, 1.82) is 5.26 Å². The van der Waals surface area contributed by atoms with Gasteiger partial charge in [-0.1, -0.05) is 30.3 Å². The second-order valence-corrected chi connectivity index (χ2v) is 9.68. The van der Waals surface area contributed by atoms with E-state index in [0.717, 1.165) is 51.9 Å². The number of nitrogens with zero attached hydrogens (tertiary/aromatic N) is 4. The SMILES string of the molecule is Cc1ccccc1-c1cc(-c2c(-c3ccc4c(=O)[nH]nc(CN)c4c3)cnn2C)c(C#N)c(C2CC2)c1. The van der Waals surface area contributed by atoms with Crippen molar-refractivity contribution in [2.24, 2.45) is 12.8 Å². The number of aromatic amines is 1. The molecule has 1 aliphatic carbocycles. The van der Waals surface area contributed by atoms with Crippen LogP contribution in [0.25, 0.3) is 44.3 Å². The van der Waals surface area contributed by atoms with Crippen LogP contribution in [-0.2, 0) is 13.6 Å². The van der Waals surface area contributed by atoms with Crippen LogP contribution >= 0.6 is 0 Å². The lowest BCUT2D eigenvalue weighted by molar-refractivity contribution is 0.775. The molecule has 2 heterocycles. The summed E-state index contributed by atoms with van der Waals surface area (Å²) in [6, 6.07) is 20.8. The minimum Gasteiger partial charge on any atom is -0.325 e. The molecule has 0 bridgehead atoms. The molecule has 182 valence electrons. The van der Waals surface area contributed by atoms with Crippen LogP contribution in [0.2, 0.25) is 0 Å². The molecular weight excluding hydrogens is 460 g/mol. The molecule has 0 amide bonds. The van der Waals surface area contributed by atoms with Crippen LogP contribution in [-0.4, -0.2) is 20.0 Å². The van der Waals surface area contributed by atoms with Gasteiger partial charge in [-0.2, -0.15) is 15.5 Å². The van der Waals surface area contributed by atoms with Crippen molar-refractivity contribution in [2.45, 2.75) is 32.2 Å². The van der Waals surface area contributed by atoms with Crippen molar-refractivity contribution < 1.29 is 0 Å². The number of H-pyrrole nitrogens is 1. The fourth-order valence-electron chi connectivity index (χ4n) is 5.26. The van der Waals surface area contributed by atoms with E-state index in [1.807, 2.05) is 42.2 Å². The maximum absolute atomic E-state index is 12.4. The Bertz CT molecular complexity index is 1780. The fourth-order valence-corrected chi connectivity index (χ4v) is 5.26. The van der Waals surface area contributed by atoms with E-state index in [1.54, 1.807) is 6.07 Å². The molecule has 0 aliphatic heterocycles. The molecule has 3 N–H and O–H groups in total. The Morgan fingerprint density at radius 1 is 1.05 bits per heavy atom. The number of fused-ring (bicyclic) bond motifs is 1. The first-order chi connectivity index (χ1) is 18.0. The van der Waals surface area contributed by atoms with Crippen molar-refractivity contribution >= 4 is 10.8 Å². The summed E-state index contributed by atoms with van der Waals surface area (Å²) in [7, 11) is 1.90. The third-order valence-corrected chi connectivity index (χ3v) is 7.32.